The minimum Gasteiger partial charge on any atom is -0.398 e. The van der Waals surface area contributed by atoms with E-state index in [2.05, 4.69) is 5.32 Å². The van der Waals surface area contributed by atoms with Crippen LogP contribution in [-0.2, 0) is 0 Å². The largest absolute Gasteiger partial charge is 0.398 e. The Kier molecular flexibility index (Phi) is 3.88. The van der Waals surface area contributed by atoms with Crippen molar-refractivity contribution < 1.29 is 18.0 Å². The second-order valence-corrected chi connectivity index (χ2v) is 4.73. The van der Waals surface area contributed by atoms with Crippen LogP contribution in [0.4, 0.5) is 24.5 Å². The zero-order valence-corrected chi connectivity index (χ0v) is 11.4. The van der Waals surface area contributed by atoms with Crippen LogP contribution in [0, 0.1) is 31.3 Å². The Morgan fingerprint density at radius 2 is 1.57 bits per heavy atom. The van der Waals surface area contributed by atoms with Crippen molar-refractivity contribution >= 4 is 17.3 Å². The average Bonchev–Trinajstić information content (AvgIpc) is 2.40. The first-order valence-electron chi connectivity index (χ1n) is 6.12. The number of amides is 1. The maximum absolute atomic E-state index is 13.1. The van der Waals surface area contributed by atoms with E-state index in [1.54, 1.807) is 19.9 Å². The van der Waals surface area contributed by atoms with E-state index < -0.39 is 23.4 Å². The number of carbonyl (C=O) groups is 1. The highest BCUT2D eigenvalue weighted by Crippen LogP contribution is 2.21. The number of halogens is 3. The summed E-state index contributed by atoms with van der Waals surface area (Å²) in [5.41, 5.74) is 7.77. The van der Waals surface area contributed by atoms with E-state index in [-0.39, 0.29) is 11.3 Å². The molecule has 3 N–H and O–H groups in total. The number of hydrogen-bond donors (Lipinski definition) is 2. The highest BCUT2D eigenvalue weighted by atomic mass is 19.2. The maximum atomic E-state index is 13.1. The second-order valence-electron chi connectivity index (χ2n) is 4.73. The number of nitrogen functional groups attached to an aromatic ring is 1. The third kappa shape index (κ3) is 2.99. The van der Waals surface area contributed by atoms with Gasteiger partial charge in [-0.15, -0.1) is 0 Å². The van der Waals surface area contributed by atoms with Crippen molar-refractivity contribution in [3.05, 3.63) is 58.4 Å². The summed E-state index contributed by atoms with van der Waals surface area (Å²) < 4.78 is 39.1. The fraction of sp³-hybridized carbons (Fsp3) is 0.133. The summed E-state index contributed by atoms with van der Waals surface area (Å²) in [6.45, 7) is 3.52. The van der Waals surface area contributed by atoms with E-state index in [0.717, 1.165) is 5.56 Å². The van der Waals surface area contributed by atoms with Crippen LogP contribution in [0.3, 0.4) is 0 Å². The molecular weight excluding hydrogens is 281 g/mol. The van der Waals surface area contributed by atoms with E-state index >= 15 is 0 Å². The lowest BCUT2D eigenvalue weighted by Crippen LogP contribution is -2.15. The molecule has 3 nitrogen and oxygen atoms in total. The Morgan fingerprint density at radius 1 is 1.00 bits per heavy atom. The molecule has 0 aliphatic carbocycles. The van der Waals surface area contributed by atoms with Crippen LogP contribution < -0.4 is 11.1 Å². The summed E-state index contributed by atoms with van der Waals surface area (Å²) in [4.78, 5) is 12.1. The summed E-state index contributed by atoms with van der Waals surface area (Å²) >= 11 is 0. The molecular formula is C15H13F3N2O. The van der Waals surface area contributed by atoms with Crippen LogP contribution in [0.5, 0.6) is 0 Å². The van der Waals surface area contributed by atoms with Crippen molar-refractivity contribution in [2.75, 3.05) is 11.1 Å². The van der Waals surface area contributed by atoms with Gasteiger partial charge < -0.3 is 11.1 Å². The summed E-state index contributed by atoms with van der Waals surface area (Å²) in [5.74, 6) is -4.90. The number of aryl methyl sites for hydroxylation is 2. The molecule has 0 aromatic heterocycles. The van der Waals surface area contributed by atoms with Crippen LogP contribution in [-0.4, -0.2) is 5.91 Å². The van der Waals surface area contributed by atoms with Gasteiger partial charge in [0.05, 0.1) is 0 Å². The zero-order chi connectivity index (χ0) is 15.7. The second kappa shape index (κ2) is 5.47. The van der Waals surface area contributed by atoms with Crippen molar-refractivity contribution in [3.63, 3.8) is 0 Å². The fourth-order valence-corrected chi connectivity index (χ4v) is 1.94. The Bertz CT molecular complexity index is 706. The zero-order valence-electron chi connectivity index (χ0n) is 11.4. The van der Waals surface area contributed by atoms with Gasteiger partial charge in [-0.25, -0.2) is 13.2 Å². The molecule has 0 fully saturated rings. The average molecular weight is 294 g/mol. The number of rotatable bonds is 2. The molecule has 0 atom stereocenters. The molecule has 0 radical (unpaired) electrons. The number of carbonyl (C=O) groups excluding carboxylic acids is 1. The molecule has 0 saturated heterocycles. The molecule has 21 heavy (non-hydrogen) atoms. The van der Waals surface area contributed by atoms with Gasteiger partial charge in [0.25, 0.3) is 5.91 Å². The Balaban J connectivity index is 2.32. The van der Waals surface area contributed by atoms with Crippen molar-refractivity contribution in [1.29, 1.82) is 0 Å². The molecule has 1 amide bonds. The van der Waals surface area contributed by atoms with E-state index in [0.29, 0.717) is 23.4 Å². The molecule has 2 aromatic carbocycles. The predicted octanol–water partition coefficient (Wildman–Crippen LogP) is 3.56. The number of nitrogens with one attached hydrogen (secondary N) is 1. The van der Waals surface area contributed by atoms with Gasteiger partial charge in [-0.2, -0.15) is 0 Å². The van der Waals surface area contributed by atoms with Crippen LogP contribution in [0.25, 0.3) is 0 Å². The first-order valence-corrected chi connectivity index (χ1v) is 6.12. The first-order chi connectivity index (χ1) is 9.79. The van der Waals surface area contributed by atoms with Crippen LogP contribution in [0.2, 0.25) is 0 Å². The summed E-state index contributed by atoms with van der Waals surface area (Å²) in [6, 6.07) is 4.64. The minimum atomic E-state index is -1.58. The van der Waals surface area contributed by atoms with Gasteiger partial charge in [0, 0.05) is 29.1 Å². The van der Waals surface area contributed by atoms with Gasteiger partial charge in [-0.05, 0) is 31.0 Å². The fourth-order valence-electron chi connectivity index (χ4n) is 1.94. The van der Waals surface area contributed by atoms with Crippen LogP contribution in [0.15, 0.2) is 24.3 Å². The number of nitrogens with two attached hydrogens (primary N) is 1. The third-order valence-corrected chi connectivity index (χ3v) is 3.10. The SMILES string of the molecule is Cc1cc(C)c(C(=O)Nc2cc(F)c(F)c(F)c2)cc1N. The molecule has 110 valence electrons. The quantitative estimate of drug-likeness (QED) is 0.657. The van der Waals surface area contributed by atoms with Crippen LogP contribution >= 0.6 is 0 Å². The highest BCUT2D eigenvalue weighted by molar-refractivity contribution is 6.05. The molecule has 6 heteroatoms. The first kappa shape index (κ1) is 14.9. The topological polar surface area (TPSA) is 55.1 Å². The lowest BCUT2D eigenvalue weighted by molar-refractivity contribution is 0.102. The van der Waals surface area contributed by atoms with Gasteiger partial charge in [0.15, 0.2) is 17.5 Å². The van der Waals surface area contributed by atoms with Gasteiger partial charge in [0.1, 0.15) is 0 Å². The lowest BCUT2D eigenvalue weighted by Gasteiger charge is -2.11. The molecule has 0 saturated carbocycles. The van der Waals surface area contributed by atoms with Crippen molar-refractivity contribution in [2.24, 2.45) is 0 Å². The van der Waals surface area contributed by atoms with Gasteiger partial charge >= 0.3 is 0 Å². The lowest BCUT2D eigenvalue weighted by atomic mass is 10.0. The summed E-state index contributed by atoms with van der Waals surface area (Å²) in [7, 11) is 0. The standard InChI is InChI=1S/C15H13F3N2O/c1-7-3-8(2)13(19)6-10(7)15(21)20-9-4-11(16)14(18)12(17)5-9/h3-6H,19H2,1-2H3,(H,20,21). The molecule has 0 aliphatic rings. The van der Waals surface area contributed by atoms with Gasteiger partial charge in [-0.3, -0.25) is 4.79 Å². The normalized spacial score (nSPS) is 10.5. The Morgan fingerprint density at radius 3 is 2.14 bits per heavy atom. The van der Waals surface area contributed by atoms with Crippen molar-refractivity contribution in [3.8, 4) is 0 Å². The molecule has 0 bridgehead atoms. The van der Waals surface area contributed by atoms with Crippen molar-refractivity contribution in [1.82, 2.24) is 0 Å². The number of anilines is 2. The molecule has 2 rings (SSSR count). The van der Waals surface area contributed by atoms with E-state index in [1.807, 2.05) is 0 Å². The molecule has 0 unspecified atom stereocenters. The van der Waals surface area contributed by atoms with Gasteiger partial charge in [-0.1, -0.05) is 6.07 Å². The molecule has 0 spiro atoms. The van der Waals surface area contributed by atoms with Crippen LogP contribution in [0.1, 0.15) is 21.5 Å². The summed E-state index contributed by atoms with van der Waals surface area (Å²) in [6.07, 6.45) is 0. The maximum Gasteiger partial charge on any atom is 0.256 e. The number of benzene rings is 2. The van der Waals surface area contributed by atoms with Gasteiger partial charge in [0.2, 0.25) is 0 Å². The van der Waals surface area contributed by atoms with Crippen molar-refractivity contribution in [2.45, 2.75) is 13.8 Å². The Hall–Kier alpha value is -2.50. The monoisotopic (exact) mass is 294 g/mol. The highest BCUT2D eigenvalue weighted by Gasteiger charge is 2.15. The predicted molar refractivity (Wildman–Crippen MR) is 74.6 cm³/mol. The number of hydrogen-bond acceptors (Lipinski definition) is 2. The van der Waals surface area contributed by atoms with E-state index in [4.69, 9.17) is 5.73 Å². The summed E-state index contributed by atoms with van der Waals surface area (Å²) in [5, 5.41) is 2.31. The molecule has 2 aromatic rings. The molecule has 0 aliphatic heterocycles. The minimum absolute atomic E-state index is 0.171. The smallest absolute Gasteiger partial charge is 0.256 e. The van der Waals surface area contributed by atoms with E-state index in [9.17, 15) is 18.0 Å². The van der Waals surface area contributed by atoms with E-state index in [1.165, 1.54) is 6.07 Å². The third-order valence-electron chi connectivity index (χ3n) is 3.10. The molecule has 0 heterocycles. The Labute approximate surface area is 119 Å².